The molecule has 1 atom stereocenters. The molecule has 1 aliphatic heterocycles. The Labute approximate surface area is 156 Å². The van der Waals surface area contributed by atoms with Crippen molar-refractivity contribution >= 4 is 5.91 Å². The third-order valence-corrected chi connectivity index (χ3v) is 4.78. The van der Waals surface area contributed by atoms with Gasteiger partial charge in [0.15, 0.2) is 5.82 Å². The molecule has 27 heavy (non-hydrogen) atoms. The molecule has 4 rings (SSSR count). The fourth-order valence-electron chi connectivity index (χ4n) is 3.36. The van der Waals surface area contributed by atoms with Crippen LogP contribution in [0.5, 0.6) is 0 Å². The summed E-state index contributed by atoms with van der Waals surface area (Å²) in [6.07, 6.45) is 10.1. The summed E-state index contributed by atoms with van der Waals surface area (Å²) in [5.41, 5.74) is 1.31. The minimum absolute atomic E-state index is 0.0263. The maximum Gasteiger partial charge on any atom is 0.272 e. The smallest absolute Gasteiger partial charge is 0.272 e. The quantitative estimate of drug-likeness (QED) is 0.685. The van der Waals surface area contributed by atoms with Gasteiger partial charge in [-0.1, -0.05) is 5.16 Å². The minimum Gasteiger partial charge on any atom is -0.337 e. The predicted molar refractivity (Wildman–Crippen MR) is 96.5 cm³/mol. The highest BCUT2D eigenvalue weighted by Crippen LogP contribution is 2.23. The standard InChI is InChI=1S/C19H20N6O2/c26-19(16-7-10-21-13-22-16)25-11-1-2-14(12-25)3-4-17-23-18(27-24-17)15-5-8-20-9-6-15/h5-10,13-14H,1-4,11-12H2. The van der Waals surface area contributed by atoms with E-state index in [2.05, 4.69) is 25.1 Å². The molecule has 1 aliphatic rings. The predicted octanol–water partition coefficient (Wildman–Crippen LogP) is 2.41. The van der Waals surface area contributed by atoms with Gasteiger partial charge in [0.2, 0.25) is 0 Å². The molecule has 0 aliphatic carbocycles. The number of carbonyl (C=O) groups is 1. The van der Waals surface area contributed by atoms with Crippen molar-refractivity contribution in [1.29, 1.82) is 0 Å². The highest BCUT2D eigenvalue weighted by molar-refractivity contribution is 5.92. The monoisotopic (exact) mass is 364 g/mol. The van der Waals surface area contributed by atoms with Gasteiger partial charge in [-0.25, -0.2) is 9.97 Å². The lowest BCUT2D eigenvalue weighted by molar-refractivity contribution is 0.0662. The van der Waals surface area contributed by atoms with Crippen LogP contribution in [0, 0.1) is 5.92 Å². The number of rotatable bonds is 5. The lowest BCUT2D eigenvalue weighted by atomic mass is 9.93. The number of piperidine rings is 1. The third-order valence-electron chi connectivity index (χ3n) is 4.78. The number of pyridine rings is 1. The summed E-state index contributed by atoms with van der Waals surface area (Å²) in [6, 6.07) is 5.34. The Morgan fingerprint density at radius 3 is 2.85 bits per heavy atom. The van der Waals surface area contributed by atoms with E-state index in [4.69, 9.17) is 4.52 Å². The lowest BCUT2D eigenvalue weighted by Gasteiger charge is -2.32. The molecule has 0 aromatic carbocycles. The molecule has 4 heterocycles. The van der Waals surface area contributed by atoms with Gasteiger partial charge < -0.3 is 9.42 Å². The van der Waals surface area contributed by atoms with E-state index in [0.717, 1.165) is 44.3 Å². The zero-order valence-corrected chi connectivity index (χ0v) is 14.9. The van der Waals surface area contributed by atoms with Crippen LogP contribution in [0.25, 0.3) is 11.5 Å². The second kappa shape index (κ2) is 8.03. The van der Waals surface area contributed by atoms with Crippen molar-refractivity contribution in [3.63, 3.8) is 0 Å². The van der Waals surface area contributed by atoms with Gasteiger partial charge in [-0.2, -0.15) is 4.98 Å². The molecule has 1 amide bonds. The Morgan fingerprint density at radius 2 is 2.04 bits per heavy atom. The van der Waals surface area contributed by atoms with Gasteiger partial charge in [-0.05, 0) is 43.4 Å². The van der Waals surface area contributed by atoms with E-state index >= 15 is 0 Å². The fraction of sp³-hybridized carbons (Fsp3) is 0.368. The summed E-state index contributed by atoms with van der Waals surface area (Å²) < 4.78 is 5.34. The lowest BCUT2D eigenvalue weighted by Crippen LogP contribution is -2.40. The third kappa shape index (κ3) is 4.16. The molecule has 3 aromatic heterocycles. The molecule has 0 radical (unpaired) electrons. The van der Waals surface area contributed by atoms with Crippen LogP contribution in [-0.4, -0.2) is 49.0 Å². The van der Waals surface area contributed by atoms with Crippen molar-refractivity contribution in [3.05, 3.63) is 54.6 Å². The van der Waals surface area contributed by atoms with E-state index in [-0.39, 0.29) is 5.91 Å². The van der Waals surface area contributed by atoms with Crippen LogP contribution in [0.3, 0.4) is 0 Å². The molecular formula is C19H20N6O2. The summed E-state index contributed by atoms with van der Waals surface area (Å²) in [5.74, 6) is 1.60. The topological polar surface area (TPSA) is 97.9 Å². The Morgan fingerprint density at radius 1 is 1.19 bits per heavy atom. The molecular weight excluding hydrogens is 344 g/mol. The fourth-order valence-corrected chi connectivity index (χ4v) is 3.36. The van der Waals surface area contributed by atoms with Gasteiger partial charge in [-0.15, -0.1) is 0 Å². The van der Waals surface area contributed by atoms with Crippen LogP contribution in [0.2, 0.25) is 0 Å². The maximum atomic E-state index is 12.6. The zero-order valence-electron chi connectivity index (χ0n) is 14.9. The van der Waals surface area contributed by atoms with Gasteiger partial charge in [0.05, 0.1) is 0 Å². The first kappa shape index (κ1) is 17.3. The van der Waals surface area contributed by atoms with Gasteiger partial charge in [0.1, 0.15) is 12.0 Å². The number of hydrogen-bond acceptors (Lipinski definition) is 7. The molecule has 1 saturated heterocycles. The van der Waals surface area contributed by atoms with E-state index < -0.39 is 0 Å². The highest BCUT2D eigenvalue weighted by Gasteiger charge is 2.25. The molecule has 138 valence electrons. The molecule has 1 unspecified atom stereocenters. The highest BCUT2D eigenvalue weighted by atomic mass is 16.5. The summed E-state index contributed by atoms with van der Waals surface area (Å²) >= 11 is 0. The SMILES string of the molecule is O=C(c1ccncn1)N1CCCC(CCc2noc(-c3ccncc3)n2)C1. The number of nitrogens with zero attached hydrogens (tertiary/aromatic N) is 6. The van der Waals surface area contributed by atoms with Crippen LogP contribution >= 0.6 is 0 Å². The average molecular weight is 364 g/mol. The summed E-state index contributed by atoms with van der Waals surface area (Å²) in [6.45, 7) is 1.51. The summed E-state index contributed by atoms with van der Waals surface area (Å²) in [4.78, 5) is 30.8. The maximum absolute atomic E-state index is 12.6. The van der Waals surface area contributed by atoms with E-state index in [1.807, 2.05) is 17.0 Å². The molecule has 3 aromatic rings. The Kier molecular flexibility index (Phi) is 5.13. The van der Waals surface area contributed by atoms with Crippen molar-refractivity contribution in [2.24, 2.45) is 5.92 Å². The van der Waals surface area contributed by atoms with Gasteiger partial charge >= 0.3 is 0 Å². The number of aryl methyl sites for hydroxylation is 1. The Bertz CT molecular complexity index is 883. The number of amides is 1. The summed E-state index contributed by atoms with van der Waals surface area (Å²) in [5, 5.41) is 4.07. The molecule has 0 bridgehead atoms. The van der Waals surface area contributed by atoms with Crippen molar-refractivity contribution in [1.82, 2.24) is 30.0 Å². The summed E-state index contributed by atoms with van der Waals surface area (Å²) in [7, 11) is 0. The van der Waals surface area contributed by atoms with E-state index in [0.29, 0.717) is 23.3 Å². The molecule has 0 N–H and O–H groups in total. The van der Waals surface area contributed by atoms with E-state index in [1.54, 1.807) is 24.7 Å². The second-order valence-electron chi connectivity index (χ2n) is 6.64. The van der Waals surface area contributed by atoms with Crippen LogP contribution in [0.1, 0.15) is 35.6 Å². The van der Waals surface area contributed by atoms with Crippen molar-refractivity contribution in [3.8, 4) is 11.5 Å². The van der Waals surface area contributed by atoms with Crippen LogP contribution < -0.4 is 0 Å². The van der Waals surface area contributed by atoms with Crippen molar-refractivity contribution < 1.29 is 9.32 Å². The number of aromatic nitrogens is 5. The van der Waals surface area contributed by atoms with Crippen LogP contribution in [0.4, 0.5) is 0 Å². The first-order chi connectivity index (χ1) is 13.3. The normalized spacial score (nSPS) is 17.0. The van der Waals surface area contributed by atoms with Gasteiger partial charge in [0, 0.05) is 43.7 Å². The number of likely N-dealkylation sites (tertiary alicyclic amines) is 1. The molecule has 0 spiro atoms. The van der Waals surface area contributed by atoms with Crippen LogP contribution in [0.15, 0.2) is 47.6 Å². The Hall–Kier alpha value is -3.16. The Balaban J connectivity index is 1.34. The first-order valence-electron chi connectivity index (χ1n) is 9.08. The van der Waals surface area contributed by atoms with Crippen molar-refractivity contribution in [2.75, 3.05) is 13.1 Å². The molecule has 0 saturated carbocycles. The van der Waals surface area contributed by atoms with Crippen LogP contribution in [-0.2, 0) is 6.42 Å². The van der Waals surface area contributed by atoms with E-state index in [1.165, 1.54) is 6.33 Å². The second-order valence-corrected chi connectivity index (χ2v) is 6.64. The zero-order chi connectivity index (χ0) is 18.5. The van der Waals surface area contributed by atoms with Gasteiger partial charge in [0.25, 0.3) is 11.8 Å². The van der Waals surface area contributed by atoms with Crippen molar-refractivity contribution in [2.45, 2.75) is 25.7 Å². The van der Waals surface area contributed by atoms with Gasteiger partial charge in [-0.3, -0.25) is 9.78 Å². The minimum atomic E-state index is -0.0263. The largest absolute Gasteiger partial charge is 0.337 e. The molecule has 8 heteroatoms. The average Bonchev–Trinajstić information content (AvgIpc) is 3.22. The molecule has 1 fully saturated rings. The number of carbonyl (C=O) groups excluding carboxylic acids is 1. The number of hydrogen-bond donors (Lipinski definition) is 0. The van der Waals surface area contributed by atoms with E-state index in [9.17, 15) is 4.79 Å². The first-order valence-corrected chi connectivity index (χ1v) is 9.08. The molecule has 8 nitrogen and oxygen atoms in total.